The number of carboxylic acids is 1. The molecule has 0 bridgehead atoms. The molecule has 0 aliphatic carbocycles. The number of carbonyl (C=O) groups excluding carboxylic acids is 1. The number of carboxylic acid groups (broad SMARTS) is 1. The fourth-order valence-corrected chi connectivity index (χ4v) is 1.52. The van der Waals surface area contributed by atoms with Gasteiger partial charge in [0.1, 0.15) is 0 Å². The van der Waals surface area contributed by atoms with Gasteiger partial charge in [-0.2, -0.15) is 0 Å². The summed E-state index contributed by atoms with van der Waals surface area (Å²) in [6.07, 6.45) is -0.0296. The molecule has 0 heterocycles. The summed E-state index contributed by atoms with van der Waals surface area (Å²) >= 11 is 0. The van der Waals surface area contributed by atoms with Crippen LogP contribution in [0.5, 0.6) is 0 Å². The van der Waals surface area contributed by atoms with Crippen molar-refractivity contribution >= 4 is 24.3 Å². The number of hydrogen-bond donors (Lipinski definition) is 2. The van der Waals surface area contributed by atoms with Crippen molar-refractivity contribution in [2.45, 2.75) is 19.4 Å². The van der Waals surface area contributed by atoms with Gasteiger partial charge < -0.3 is 15.6 Å². The van der Waals surface area contributed by atoms with Gasteiger partial charge in [-0.15, -0.1) is 12.4 Å². The second-order valence-corrected chi connectivity index (χ2v) is 3.51. The smallest absolute Gasteiger partial charge is 0.336 e. The average molecular weight is 274 g/mol. The SMILES string of the molecule is CCOC(=O)C[C@H](N)c1ccccc1C(=O)O.Cl. The minimum absolute atomic E-state index is 0. The van der Waals surface area contributed by atoms with Crippen LogP contribution in [0.4, 0.5) is 0 Å². The second kappa shape index (κ2) is 7.68. The first-order valence-electron chi connectivity index (χ1n) is 5.29. The van der Waals surface area contributed by atoms with E-state index in [-0.39, 0.29) is 31.0 Å². The largest absolute Gasteiger partial charge is 0.478 e. The molecule has 0 saturated heterocycles. The Balaban J connectivity index is 0.00000289. The van der Waals surface area contributed by atoms with Gasteiger partial charge in [-0.1, -0.05) is 18.2 Å². The summed E-state index contributed by atoms with van der Waals surface area (Å²) in [6, 6.07) is 5.70. The lowest BCUT2D eigenvalue weighted by molar-refractivity contribution is -0.143. The van der Waals surface area contributed by atoms with Crippen molar-refractivity contribution in [3.05, 3.63) is 35.4 Å². The molecular formula is C12H16ClNO4. The van der Waals surface area contributed by atoms with Gasteiger partial charge in [0.25, 0.3) is 0 Å². The zero-order chi connectivity index (χ0) is 12.8. The van der Waals surface area contributed by atoms with E-state index in [0.29, 0.717) is 5.56 Å². The molecule has 1 aromatic carbocycles. The van der Waals surface area contributed by atoms with Gasteiger partial charge in [0.15, 0.2) is 0 Å². The molecule has 0 aromatic heterocycles. The molecule has 0 amide bonds. The summed E-state index contributed by atoms with van der Waals surface area (Å²) in [7, 11) is 0. The number of halogens is 1. The summed E-state index contributed by atoms with van der Waals surface area (Å²) in [5.41, 5.74) is 6.35. The lowest BCUT2D eigenvalue weighted by Gasteiger charge is -2.13. The first kappa shape index (κ1) is 16.4. The third kappa shape index (κ3) is 4.35. The molecule has 18 heavy (non-hydrogen) atoms. The normalized spacial score (nSPS) is 11.2. The number of carbonyl (C=O) groups is 2. The number of esters is 1. The van der Waals surface area contributed by atoms with E-state index in [2.05, 4.69) is 0 Å². The highest BCUT2D eigenvalue weighted by Crippen LogP contribution is 2.19. The van der Waals surface area contributed by atoms with E-state index in [1.54, 1.807) is 25.1 Å². The van der Waals surface area contributed by atoms with Crippen molar-refractivity contribution in [3.63, 3.8) is 0 Å². The van der Waals surface area contributed by atoms with Crippen LogP contribution in [0.3, 0.4) is 0 Å². The minimum Gasteiger partial charge on any atom is -0.478 e. The number of benzene rings is 1. The van der Waals surface area contributed by atoms with Crippen LogP contribution < -0.4 is 5.73 Å². The molecule has 1 rings (SSSR count). The Morgan fingerprint density at radius 1 is 1.39 bits per heavy atom. The van der Waals surface area contributed by atoms with Crippen LogP contribution in [-0.4, -0.2) is 23.7 Å². The molecule has 0 aliphatic heterocycles. The van der Waals surface area contributed by atoms with Gasteiger partial charge in [0.05, 0.1) is 18.6 Å². The summed E-state index contributed by atoms with van der Waals surface area (Å²) in [5, 5.41) is 8.98. The Kier molecular flexibility index (Phi) is 7.00. The van der Waals surface area contributed by atoms with E-state index >= 15 is 0 Å². The van der Waals surface area contributed by atoms with E-state index in [1.807, 2.05) is 0 Å². The van der Waals surface area contributed by atoms with Crippen LogP contribution in [0.25, 0.3) is 0 Å². The Labute approximate surface area is 111 Å². The molecule has 1 atom stereocenters. The molecule has 5 nitrogen and oxygen atoms in total. The molecule has 0 saturated carbocycles. The summed E-state index contributed by atoms with van der Waals surface area (Å²) in [6.45, 7) is 1.99. The van der Waals surface area contributed by atoms with Gasteiger partial charge in [-0.3, -0.25) is 4.79 Å². The standard InChI is InChI=1S/C12H15NO4.ClH/c1-2-17-11(14)7-10(13)8-5-3-4-6-9(8)12(15)16;/h3-6,10H,2,7,13H2,1H3,(H,15,16);1H/t10-;/m0./s1. The first-order chi connectivity index (χ1) is 8.06. The summed E-state index contributed by atoms with van der Waals surface area (Å²) in [4.78, 5) is 22.2. The Morgan fingerprint density at radius 2 is 2.00 bits per heavy atom. The molecule has 0 radical (unpaired) electrons. The van der Waals surface area contributed by atoms with E-state index < -0.39 is 18.0 Å². The number of hydrogen-bond acceptors (Lipinski definition) is 4. The molecular weight excluding hydrogens is 258 g/mol. The maximum Gasteiger partial charge on any atom is 0.336 e. The number of aromatic carboxylic acids is 1. The summed E-state index contributed by atoms with van der Waals surface area (Å²) in [5.74, 6) is -1.49. The highest BCUT2D eigenvalue weighted by Gasteiger charge is 2.18. The molecule has 100 valence electrons. The van der Waals surface area contributed by atoms with Crippen molar-refractivity contribution in [1.29, 1.82) is 0 Å². The number of ether oxygens (including phenoxy) is 1. The van der Waals surface area contributed by atoms with Crippen molar-refractivity contribution in [2.75, 3.05) is 6.61 Å². The number of rotatable bonds is 5. The predicted molar refractivity (Wildman–Crippen MR) is 68.8 cm³/mol. The fourth-order valence-electron chi connectivity index (χ4n) is 1.52. The third-order valence-corrected chi connectivity index (χ3v) is 2.28. The van der Waals surface area contributed by atoms with Crippen LogP contribution in [-0.2, 0) is 9.53 Å². The molecule has 0 aliphatic rings. The van der Waals surface area contributed by atoms with Crippen LogP contribution >= 0.6 is 12.4 Å². The van der Waals surface area contributed by atoms with E-state index in [1.165, 1.54) is 6.07 Å². The monoisotopic (exact) mass is 273 g/mol. The Hall–Kier alpha value is -1.59. The van der Waals surface area contributed by atoms with Gasteiger partial charge in [0.2, 0.25) is 0 Å². The first-order valence-corrected chi connectivity index (χ1v) is 5.29. The molecule has 0 unspecified atom stereocenters. The second-order valence-electron chi connectivity index (χ2n) is 3.51. The maximum atomic E-state index is 11.3. The van der Waals surface area contributed by atoms with Crippen molar-refractivity contribution in [2.24, 2.45) is 5.73 Å². The predicted octanol–water partition coefficient (Wildman–Crippen LogP) is 1.76. The van der Waals surface area contributed by atoms with Crippen molar-refractivity contribution in [3.8, 4) is 0 Å². The van der Waals surface area contributed by atoms with Gasteiger partial charge in [-0.25, -0.2) is 4.79 Å². The average Bonchev–Trinajstić information content (AvgIpc) is 2.29. The van der Waals surface area contributed by atoms with Crippen LogP contribution in [0, 0.1) is 0 Å². The fraction of sp³-hybridized carbons (Fsp3) is 0.333. The van der Waals surface area contributed by atoms with E-state index in [4.69, 9.17) is 15.6 Å². The van der Waals surface area contributed by atoms with Crippen LogP contribution in [0.1, 0.15) is 35.3 Å². The van der Waals surface area contributed by atoms with Gasteiger partial charge >= 0.3 is 11.9 Å². The van der Waals surface area contributed by atoms with Crippen LogP contribution in [0.15, 0.2) is 24.3 Å². The van der Waals surface area contributed by atoms with Gasteiger partial charge in [-0.05, 0) is 18.6 Å². The molecule has 3 N–H and O–H groups in total. The molecule has 6 heteroatoms. The third-order valence-electron chi connectivity index (χ3n) is 2.28. The van der Waals surface area contributed by atoms with Crippen LogP contribution in [0.2, 0.25) is 0 Å². The molecule has 0 fully saturated rings. The molecule has 0 spiro atoms. The van der Waals surface area contributed by atoms with Gasteiger partial charge in [0, 0.05) is 6.04 Å². The van der Waals surface area contributed by atoms with E-state index in [9.17, 15) is 9.59 Å². The van der Waals surface area contributed by atoms with Crippen molar-refractivity contribution < 1.29 is 19.4 Å². The maximum absolute atomic E-state index is 11.3. The lowest BCUT2D eigenvalue weighted by atomic mass is 9.99. The topological polar surface area (TPSA) is 89.6 Å². The highest BCUT2D eigenvalue weighted by molar-refractivity contribution is 5.89. The quantitative estimate of drug-likeness (QED) is 0.798. The summed E-state index contributed by atoms with van der Waals surface area (Å²) < 4.78 is 4.77. The zero-order valence-corrected chi connectivity index (χ0v) is 10.8. The minimum atomic E-state index is -1.06. The Bertz CT molecular complexity index is 422. The number of nitrogens with two attached hydrogens (primary N) is 1. The Morgan fingerprint density at radius 3 is 2.56 bits per heavy atom. The van der Waals surface area contributed by atoms with Crippen molar-refractivity contribution in [1.82, 2.24) is 0 Å². The zero-order valence-electron chi connectivity index (χ0n) is 9.96. The highest BCUT2D eigenvalue weighted by atomic mass is 35.5. The molecule has 1 aromatic rings. The van der Waals surface area contributed by atoms with E-state index in [0.717, 1.165) is 0 Å². The lowest BCUT2D eigenvalue weighted by Crippen LogP contribution is -2.19.